The lowest BCUT2D eigenvalue weighted by molar-refractivity contribution is 0.141. The van der Waals surface area contributed by atoms with E-state index in [1.165, 1.54) is 5.56 Å². The first-order chi connectivity index (χ1) is 14.1. The third kappa shape index (κ3) is 4.64. The van der Waals surface area contributed by atoms with E-state index >= 15 is 0 Å². The van der Waals surface area contributed by atoms with Crippen LogP contribution in [0.25, 0.3) is 11.2 Å². The molecule has 2 aromatic heterocycles. The first-order valence-electron chi connectivity index (χ1n) is 9.68. The second-order valence-corrected chi connectivity index (χ2v) is 7.24. The molecule has 9 nitrogen and oxygen atoms in total. The predicted octanol–water partition coefficient (Wildman–Crippen LogP) is 0.760. The highest BCUT2D eigenvalue weighted by Crippen LogP contribution is 2.16. The van der Waals surface area contributed by atoms with Gasteiger partial charge < -0.3 is 19.6 Å². The number of imidazole rings is 1. The summed E-state index contributed by atoms with van der Waals surface area (Å²) in [7, 11) is 1.59. The normalized spacial score (nSPS) is 17.2. The number of β-amino-alcohol motifs (C(OH)–C–C–N with tert-alkyl or cyclic N) is 1. The molecule has 1 aliphatic rings. The standard InChI is InChI=1S/C20H25N5O4/c1-28-8-9-29-19-21-10-17-18(23-19)25(20(27)22-17)12-15-4-2-14(3-5-15)11-24-7-6-16(26)13-24/h2-5,10,16,26H,6-9,11-13H2,1H3,(H,22,27)/t16-/m1/s1. The van der Waals surface area contributed by atoms with Crippen LogP contribution >= 0.6 is 0 Å². The number of hydrogen-bond donors (Lipinski definition) is 2. The number of aromatic amines is 1. The monoisotopic (exact) mass is 399 g/mol. The molecule has 1 aromatic carbocycles. The quantitative estimate of drug-likeness (QED) is 0.539. The number of aliphatic hydroxyl groups excluding tert-OH is 1. The fourth-order valence-corrected chi connectivity index (χ4v) is 3.51. The molecule has 3 heterocycles. The topological polar surface area (TPSA) is 106 Å². The van der Waals surface area contributed by atoms with Crippen LogP contribution in [0, 0.1) is 0 Å². The molecular formula is C20H25N5O4. The van der Waals surface area contributed by atoms with Crippen molar-refractivity contribution in [3.8, 4) is 6.01 Å². The van der Waals surface area contributed by atoms with Gasteiger partial charge in [-0.1, -0.05) is 24.3 Å². The van der Waals surface area contributed by atoms with Crippen LogP contribution in [-0.4, -0.2) is 69.0 Å². The fourth-order valence-electron chi connectivity index (χ4n) is 3.51. The van der Waals surface area contributed by atoms with Crippen LogP contribution in [0.5, 0.6) is 6.01 Å². The first-order valence-corrected chi connectivity index (χ1v) is 9.68. The summed E-state index contributed by atoms with van der Waals surface area (Å²) in [5, 5.41) is 9.66. The summed E-state index contributed by atoms with van der Waals surface area (Å²) >= 11 is 0. The molecule has 0 spiro atoms. The van der Waals surface area contributed by atoms with E-state index in [4.69, 9.17) is 9.47 Å². The number of methoxy groups -OCH3 is 1. The molecule has 0 saturated carbocycles. The maximum Gasteiger partial charge on any atom is 0.328 e. The van der Waals surface area contributed by atoms with E-state index in [2.05, 4.69) is 32.0 Å². The number of benzene rings is 1. The van der Waals surface area contributed by atoms with Crippen molar-refractivity contribution in [3.05, 3.63) is 52.1 Å². The molecule has 1 fully saturated rings. The Kier molecular flexibility index (Phi) is 5.89. The third-order valence-electron chi connectivity index (χ3n) is 5.02. The van der Waals surface area contributed by atoms with E-state index in [0.717, 1.165) is 31.6 Å². The van der Waals surface area contributed by atoms with Gasteiger partial charge in [0.05, 0.1) is 25.5 Å². The van der Waals surface area contributed by atoms with Crippen molar-refractivity contribution in [1.82, 2.24) is 24.4 Å². The van der Waals surface area contributed by atoms with E-state index in [9.17, 15) is 9.90 Å². The smallest absolute Gasteiger partial charge is 0.328 e. The van der Waals surface area contributed by atoms with Gasteiger partial charge in [-0.3, -0.25) is 9.47 Å². The first kappa shape index (κ1) is 19.6. The second-order valence-electron chi connectivity index (χ2n) is 7.24. The summed E-state index contributed by atoms with van der Waals surface area (Å²) in [6, 6.07) is 8.38. The molecule has 154 valence electrons. The number of nitrogens with one attached hydrogen (secondary N) is 1. The van der Waals surface area contributed by atoms with E-state index in [1.807, 2.05) is 12.1 Å². The van der Waals surface area contributed by atoms with Crippen molar-refractivity contribution in [2.45, 2.75) is 25.6 Å². The Balaban J connectivity index is 1.48. The number of aromatic nitrogens is 4. The molecule has 4 rings (SSSR count). The SMILES string of the molecule is COCCOc1ncc2[nH]c(=O)n(Cc3ccc(CN4CC[C@@H](O)C4)cc3)c2n1. The Hall–Kier alpha value is -2.75. The molecule has 1 atom stereocenters. The van der Waals surface area contributed by atoms with Crippen molar-refractivity contribution in [1.29, 1.82) is 0 Å². The summed E-state index contributed by atoms with van der Waals surface area (Å²) in [6.45, 7) is 3.63. The van der Waals surface area contributed by atoms with Crippen molar-refractivity contribution in [3.63, 3.8) is 0 Å². The van der Waals surface area contributed by atoms with Gasteiger partial charge in [0.1, 0.15) is 12.1 Å². The Labute approximate surface area is 167 Å². The number of hydrogen-bond acceptors (Lipinski definition) is 7. The number of fused-ring (bicyclic) bond motifs is 1. The predicted molar refractivity (Wildman–Crippen MR) is 107 cm³/mol. The highest BCUT2D eigenvalue weighted by atomic mass is 16.5. The van der Waals surface area contributed by atoms with Crippen LogP contribution < -0.4 is 10.4 Å². The van der Waals surface area contributed by atoms with E-state index < -0.39 is 0 Å². The van der Waals surface area contributed by atoms with Gasteiger partial charge in [-0.15, -0.1) is 0 Å². The van der Waals surface area contributed by atoms with Crippen LogP contribution in [0.3, 0.4) is 0 Å². The maximum absolute atomic E-state index is 12.4. The molecule has 0 radical (unpaired) electrons. The minimum atomic E-state index is -0.238. The van der Waals surface area contributed by atoms with Gasteiger partial charge >= 0.3 is 11.7 Å². The van der Waals surface area contributed by atoms with Gasteiger partial charge in [-0.25, -0.2) is 9.78 Å². The summed E-state index contributed by atoms with van der Waals surface area (Å²) in [5.41, 5.74) is 3.02. The molecule has 2 N–H and O–H groups in total. The van der Waals surface area contributed by atoms with Crippen LogP contribution in [0.4, 0.5) is 0 Å². The van der Waals surface area contributed by atoms with Crippen LogP contribution in [0.1, 0.15) is 17.5 Å². The lowest BCUT2D eigenvalue weighted by atomic mass is 10.1. The number of nitrogens with zero attached hydrogens (tertiary/aromatic N) is 4. The highest BCUT2D eigenvalue weighted by molar-refractivity contribution is 5.69. The van der Waals surface area contributed by atoms with Gasteiger partial charge in [0.2, 0.25) is 0 Å². The molecule has 9 heteroatoms. The Bertz CT molecular complexity index is 1010. The zero-order chi connectivity index (χ0) is 20.2. The average Bonchev–Trinajstić information content (AvgIpc) is 3.26. The van der Waals surface area contributed by atoms with Crippen LogP contribution in [0.15, 0.2) is 35.3 Å². The van der Waals surface area contributed by atoms with Gasteiger partial charge in [0.25, 0.3) is 0 Å². The Morgan fingerprint density at radius 1 is 1.21 bits per heavy atom. The average molecular weight is 399 g/mol. The van der Waals surface area contributed by atoms with Crippen LogP contribution in [-0.2, 0) is 17.8 Å². The minimum absolute atomic E-state index is 0.213. The maximum atomic E-state index is 12.4. The molecule has 1 saturated heterocycles. The number of likely N-dealkylation sites (tertiary alicyclic amines) is 1. The van der Waals surface area contributed by atoms with Crippen LogP contribution in [0.2, 0.25) is 0 Å². The Morgan fingerprint density at radius 2 is 1.97 bits per heavy atom. The summed E-state index contributed by atoms with van der Waals surface area (Å²) in [6.07, 6.45) is 2.17. The number of aliphatic hydroxyl groups is 1. The van der Waals surface area contributed by atoms with Crippen molar-refractivity contribution in [2.24, 2.45) is 0 Å². The van der Waals surface area contributed by atoms with Crippen molar-refractivity contribution in [2.75, 3.05) is 33.4 Å². The molecule has 0 amide bonds. The van der Waals surface area contributed by atoms with Crippen molar-refractivity contribution >= 4 is 11.2 Å². The lowest BCUT2D eigenvalue weighted by Crippen LogP contribution is -2.21. The summed E-state index contributed by atoms with van der Waals surface area (Å²) in [4.78, 5) is 25.9. The fraction of sp³-hybridized carbons (Fsp3) is 0.450. The van der Waals surface area contributed by atoms with Gasteiger partial charge in [0.15, 0.2) is 5.65 Å². The molecular weight excluding hydrogens is 374 g/mol. The second kappa shape index (κ2) is 8.73. The van der Waals surface area contributed by atoms with Gasteiger partial charge in [-0.2, -0.15) is 4.98 Å². The molecule has 3 aromatic rings. The Morgan fingerprint density at radius 3 is 2.66 bits per heavy atom. The van der Waals surface area contributed by atoms with E-state index in [1.54, 1.807) is 17.9 Å². The zero-order valence-corrected chi connectivity index (χ0v) is 16.4. The molecule has 29 heavy (non-hydrogen) atoms. The largest absolute Gasteiger partial charge is 0.461 e. The zero-order valence-electron chi connectivity index (χ0n) is 16.4. The third-order valence-corrected chi connectivity index (χ3v) is 5.02. The van der Waals surface area contributed by atoms with Gasteiger partial charge in [0, 0.05) is 26.7 Å². The number of ether oxygens (including phenoxy) is 2. The molecule has 0 bridgehead atoms. The van der Waals surface area contributed by atoms with E-state index in [0.29, 0.717) is 30.9 Å². The highest BCUT2D eigenvalue weighted by Gasteiger charge is 2.19. The molecule has 0 aliphatic carbocycles. The van der Waals surface area contributed by atoms with Crippen molar-refractivity contribution < 1.29 is 14.6 Å². The summed E-state index contributed by atoms with van der Waals surface area (Å²) < 4.78 is 12.0. The van der Waals surface area contributed by atoms with E-state index in [-0.39, 0.29) is 17.8 Å². The summed E-state index contributed by atoms with van der Waals surface area (Å²) in [5.74, 6) is 0. The lowest BCUT2D eigenvalue weighted by Gasteiger charge is -2.15. The number of rotatable bonds is 8. The van der Waals surface area contributed by atoms with Gasteiger partial charge in [-0.05, 0) is 17.5 Å². The number of H-pyrrole nitrogens is 1. The minimum Gasteiger partial charge on any atom is -0.461 e. The molecule has 1 aliphatic heterocycles. The molecule has 0 unspecified atom stereocenters.